The zero-order valence-electron chi connectivity index (χ0n) is 14.3. The molecule has 0 heterocycles. The summed E-state index contributed by atoms with van der Waals surface area (Å²) in [7, 11) is 0. The van der Waals surface area contributed by atoms with Gasteiger partial charge in [-0.1, -0.05) is 30.3 Å². The highest BCUT2D eigenvalue weighted by Gasteiger charge is 2.32. The zero-order valence-corrected chi connectivity index (χ0v) is 14.3. The first-order valence-corrected chi connectivity index (χ1v) is 8.01. The van der Waals surface area contributed by atoms with Gasteiger partial charge in [-0.15, -0.1) is 13.2 Å². The van der Waals surface area contributed by atoms with Gasteiger partial charge < -0.3 is 25.0 Å². The van der Waals surface area contributed by atoms with Crippen LogP contribution < -0.4 is 10.1 Å². The average molecular weight is 403 g/mol. The molecule has 2 atom stereocenters. The molecule has 0 aliphatic rings. The molecular weight excluding hydrogens is 386 g/mol. The molecule has 2 unspecified atom stereocenters. The molecule has 0 aliphatic carbocycles. The zero-order chi connectivity index (χ0) is 20.7. The lowest BCUT2D eigenvalue weighted by Gasteiger charge is -2.19. The number of nitrogens with one attached hydrogen (secondary N) is 1. The van der Waals surface area contributed by atoms with E-state index < -0.39 is 48.3 Å². The third kappa shape index (κ3) is 6.71. The molecule has 3 N–H and O–H groups in total. The molecule has 0 aromatic heterocycles. The quantitative estimate of drug-likeness (QED) is 0.619. The summed E-state index contributed by atoms with van der Waals surface area (Å²) in [6, 6.07) is 10.9. The molecule has 1 amide bonds. The Kier molecular flexibility index (Phi) is 7.18. The van der Waals surface area contributed by atoms with E-state index in [2.05, 4.69) is 10.1 Å². The summed E-state index contributed by atoms with van der Waals surface area (Å²) in [5.41, 5.74) is 0.281. The van der Waals surface area contributed by atoms with Crippen molar-refractivity contribution in [2.45, 2.75) is 25.2 Å². The van der Waals surface area contributed by atoms with Crippen LogP contribution >= 0.6 is 0 Å². The van der Waals surface area contributed by atoms with Crippen molar-refractivity contribution in [3.8, 4) is 5.75 Å². The molecule has 0 saturated heterocycles. The number of aliphatic hydroxyl groups is 2. The first-order chi connectivity index (χ1) is 13.2. The Hall–Kier alpha value is -2.85. The van der Waals surface area contributed by atoms with E-state index >= 15 is 0 Å². The standard InChI is InChI=1S/C18H17F4NO5/c19-14-8-12(28-18(20,21)22)6-7-13(14)16(25)15(24)9-23-17(26)27-10-11-4-2-1-3-5-11/h1-8,15-16,24-25H,9-10H2,(H,23,26). The van der Waals surface area contributed by atoms with Crippen molar-refractivity contribution in [2.75, 3.05) is 6.54 Å². The van der Waals surface area contributed by atoms with E-state index in [0.29, 0.717) is 6.07 Å². The van der Waals surface area contributed by atoms with Crippen LogP contribution in [0.2, 0.25) is 0 Å². The topological polar surface area (TPSA) is 88.0 Å². The number of carbonyl (C=O) groups is 1. The highest BCUT2D eigenvalue weighted by molar-refractivity contribution is 5.67. The third-order valence-electron chi connectivity index (χ3n) is 3.56. The van der Waals surface area contributed by atoms with Crippen LogP contribution in [0.4, 0.5) is 22.4 Å². The minimum absolute atomic E-state index is 0.0133. The van der Waals surface area contributed by atoms with Crippen molar-refractivity contribution < 1.29 is 42.0 Å². The maximum atomic E-state index is 13.9. The lowest BCUT2D eigenvalue weighted by molar-refractivity contribution is -0.274. The lowest BCUT2D eigenvalue weighted by atomic mass is 10.0. The molecule has 10 heteroatoms. The van der Waals surface area contributed by atoms with Gasteiger partial charge in [0.05, 0.1) is 0 Å². The molecule has 2 aromatic rings. The Labute approximate surface area is 157 Å². The highest BCUT2D eigenvalue weighted by atomic mass is 19.4. The lowest BCUT2D eigenvalue weighted by Crippen LogP contribution is -2.36. The Morgan fingerprint density at radius 1 is 1.11 bits per heavy atom. The Balaban J connectivity index is 1.86. The van der Waals surface area contributed by atoms with Crippen molar-refractivity contribution in [2.24, 2.45) is 0 Å². The number of rotatable bonds is 7. The van der Waals surface area contributed by atoms with Crippen LogP contribution in [0.25, 0.3) is 0 Å². The van der Waals surface area contributed by atoms with E-state index in [0.717, 1.165) is 17.7 Å². The minimum Gasteiger partial charge on any atom is -0.445 e. The van der Waals surface area contributed by atoms with Crippen molar-refractivity contribution in [1.82, 2.24) is 5.32 Å². The smallest absolute Gasteiger partial charge is 0.445 e. The van der Waals surface area contributed by atoms with Gasteiger partial charge in [-0.3, -0.25) is 0 Å². The van der Waals surface area contributed by atoms with Crippen LogP contribution in [-0.2, 0) is 11.3 Å². The first-order valence-electron chi connectivity index (χ1n) is 8.01. The number of alkyl halides is 3. The van der Waals surface area contributed by atoms with Gasteiger partial charge in [-0.2, -0.15) is 0 Å². The summed E-state index contributed by atoms with van der Waals surface area (Å²) in [4.78, 5) is 11.6. The van der Waals surface area contributed by atoms with Crippen LogP contribution in [0.15, 0.2) is 48.5 Å². The van der Waals surface area contributed by atoms with E-state index in [9.17, 15) is 32.6 Å². The molecule has 2 aromatic carbocycles. The first kappa shape index (κ1) is 21.5. The molecular formula is C18H17F4NO5. The van der Waals surface area contributed by atoms with Crippen LogP contribution in [0, 0.1) is 5.82 Å². The van der Waals surface area contributed by atoms with E-state index in [1.165, 1.54) is 0 Å². The van der Waals surface area contributed by atoms with E-state index in [4.69, 9.17) is 4.74 Å². The molecule has 0 spiro atoms. The fourth-order valence-electron chi connectivity index (χ4n) is 2.23. The molecule has 152 valence electrons. The van der Waals surface area contributed by atoms with Crippen LogP contribution in [0.5, 0.6) is 5.75 Å². The molecule has 6 nitrogen and oxygen atoms in total. The maximum Gasteiger partial charge on any atom is 0.573 e. The van der Waals surface area contributed by atoms with Crippen molar-refractivity contribution in [3.05, 3.63) is 65.5 Å². The minimum atomic E-state index is -4.99. The van der Waals surface area contributed by atoms with Gasteiger partial charge >= 0.3 is 12.5 Å². The Morgan fingerprint density at radius 2 is 1.79 bits per heavy atom. The third-order valence-corrected chi connectivity index (χ3v) is 3.56. The highest BCUT2D eigenvalue weighted by Crippen LogP contribution is 2.27. The number of hydrogen-bond donors (Lipinski definition) is 3. The summed E-state index contributed by atoms with van der Waals surface area (Å²) in [5.74, 6) is -2.02. The second-order valence-corrected chi connectivity index (χ2v) is 5.69. The van der Waals surface area contributed by atoms with Gasteiger partial charge in [0.15, 0.2) is 0 Å². The van der Waals surface area contributed by atoms with Gasteiger partial charge in [0.1, 0.15) is 30.4 Å². The number of alkyl carbamates (subject to hydrolysis) is 1. The largest absolute Gasteiger partial charge is 0.573 e. The summed E-state index contributed by atoms with van der Waals surface area (Å²) in [6.07, 6.45) is -9.29. The summed E-state index contributed by atoms with van der Waals surface area (Å²) in [6.45, 7) is -0.490. The summed E-state index contributed by atoms with van der Waals surface area (Å²) in [5, 5.41) is 22.1. The second-order valence-electron chi connectivity index (χ2n) is 5.69. The molecule has 0 bridgehead atoms. The van der Waals surface area contributed by atoms with Crippen molar-refractivity contribution >= 4 is 6.09 Å². The number of benzene rings is 2. The monoisotopic (exact) mass is 403 g/mol. The van der Waals surface area contributed by atoms with Gasteiger partial charge in [-0.25, -0.2) is 9.18 Å². The van der Waals surface area contributed by atoms with Gasteiger partial charge in [0.2, 0.25) is 0 Å². The van der Waals surface area contributed by atoms with Gasteiger partial charge in [0.25, 0.3) is 0 Å². The number of aliphatic hydroxyl groups excluding tert-OH is 2. The molecule has 0 fully saturated rings. The number of carbonyl (C=O) groups excluding carboxylic acids is 1. The van der Waals surface area contributed by atoms with Crippen molar-refractivity contribution in [1.29, 1.82) is 0 Å². The summed E-state index contributed by atoms with van der Waals surface area (Å²) < 4.78 is 58.7. The summed E-state index contributed by atoms with van der Waals surface area (Å²) >= 11 is 0. The number of hydrogen-bond acceptors (Lipinski definition) is 5. The second kappa shape index (κ2) is 9.38. The normalized spacial score (nSPS) is 13.5. The SMILES string of the molecule is O=C(NCC(O)C(O)c1ccc(OC(F)(F)F)cc1F)OCc1ccccc1. The van der Waals surface area contributed by atoms with E-state index in [1.54, 1.807) is 30.3 Å². The molecule has 2 rings (SSSR count). The Bertz CT molecular complexity index is 785. The molecule has 0 aliphatic heterocycles. The van der Waals surface area contributed by atoms with Crippen LogP contribution in [0.3, 0.4) is 0 Å². The predicted molar refractivity (Wildman–Crippen MR) is 88.7 cm³/mol. The molecule has 0 saturated carbocycles. The van der Waals surface area contributed by atoms with Crippen molar-refractivity contribution in [3.63, 3.8) is 0 Å². The number of ether oxygens (including phenoxy) is 2. The molecule has 28 heavy (non-hydrogen) atoms. The molecule has 0 radical (unpaired) electrons. The predicted octanol–water partition coefficient (Wildman–Crippen LogP) is 3.05. The Morgan fingerprint density at radius 3 is 2.39 bits per heavy atom. The maximum absolute atomic E-state index is 13.9. The van der Waals surface area contributed by atoms with Gasteiger partial charge in [0, 0.05) is 18.2 Å². The fraction of sp³-hybridized carbons (Fsp3) is 0.278. The van der Waals surface area contributed by atoms with E-state index in [-0.39, 0.29) is 6.61 Å². The average Bonchev–Trinajstić information content (AvgIpc) is 2.63. The number of amides is 1. The van der Waals surface area contributed by atoms with Crippen LogP contribution in [0.1, 0.15) is 17.2 Å². The van der Waals surface area contributed by atoms with Crippen LogP contribution in [-0.4, -0.2) is 35.3 Å². The fourth-order valence-corrected chi connectivity index (χ4v) is 2.23. The van der Waals surface area contributed by atoms with Gasteiger partial charge in [-0.05, 0) is 17.7 Å². The number of halogens is 4. The van der Waals surface area contributed by atoms with E-state index in [1.807, 2.05) is 0 Å².